The number of oxazole rings is 1. The van der Waals surface area contributed by atoms with Gasteiger partial charge in [-0.2, -0.15) is 0 Å². The summed E-state index contributed by atoms with van der Waals surface area (Å²) >= 11 is 0. The molecule has 6 heteroatoms. The highest BCUT2D eigenvalue weighted by atomic mass is 16.3. The molecule has 0 spiro atoms. The van der Waals surface area contributed by atoms with Crippen LogP contribution < -0.4 is 0 Å². The molecule has 0 radical (unpaired) electrons. The fourth-order valence-corrected chi connectivity index (χ4v) is 9.90. The minimum absolute atomic E-state index is 0.551. The third-order valence-corrected chi connectivity index (χ3v) is 12.9. The zero-order chi connectivity index (χ0) is 42.9. The molecular formula is C59H36N4O2. The van der Waals surface area contributed by atoms with Gasteiger partial charge in [-0.25, -0.2) is 19.9 Å². The molecule has 0 amide bonds. The van der Waals surface area contributed by atoms with Gasteiger partial charge in [0.1, 0.15) is 16.7 Å². The van der Waals surface area contributed by atoms with Crippen molar-refractivity contribution in [3.05, 3.63) is 241 Å². The number of hydrogen-bond acceptors (Lipinski definition) is 6. The average molecular weight is 833 g/mol. The lowest BCUT2D eigenvalue weighted by Crippen LogP contribution is -2.28. The van der Waals surface area contributed by atoms with Gasteiger partial charge >= 0.3 is 0 Å². The van der Waals surface area contributed by atoms with Crippen molar-refractivity contribution in [2.24, 2.45) is 0 Å². The fraction of sp³-hybridized carbons (Fsp3) is 0.0169. The van der Waals surface area contributed by atoms with E-state index in [0.717, 1.165) is 77.5 Å². The summed E-state index contributed by atoms with van der Waals surface area (Å²) < 4.78 is 13.0. The normalized spacial score (nSPS) is 12.7. The van der Waals surface area contributed by atoms with Crippen LogP contribution in [-0.4, -0.2) is 19.9 Å². The van der Waals surface area contributed by atoms with Gasteiger partial charge < -0.3 is 8.83 Å². The topological polar surface area (TPSA) is 77.8 Å². The Morgan fingerprint density at radius 3 is 1.66 bits per heavy atom. The predicted octanol–water partition coefficient (Wildman–Crippen LogP) is 14.6. The van der Waals surface area contributed by atoms with Crippen molar-refractivity contribution in [3.8, 4) is 67.9 Å². The van der Waals surface area contributed by atoms with Crippen LogP contribution in [0.5, 0.6) is 0 Å². The van der Waals surface area contributed by atoms with Gasteiger partial charge in [0.2, 0.25) is 5.89 Å². The minimum atomic E-state index is -0.612. The molecule has 6 nitrogen and oxygen atoms in total. The molecule has 0 fully saturated rings. The van der Waals surface area contributed by atoms with Crippen molar-refractivity contribution >= 4 is 33.0 Å². The fourth-order valence-electron chi connectivity index (χ4n) is 9.90. The van der Waals surface area contributed by atoms with E-state index in [-0.39, 0.29) is 0 Å². The third kappa shape index (κ3) is 5.88. The molecule has 65 heavy (non-hydrogen) atoms. The summed E-state index contributed by atoms with van der Waals surface area (Å²) in [6.45, 7) is 0. The molecule has 1 aliphatic carbocycles. The van der Waals surface area contributed by atoms with E-state index < -0.39 is 5.41 Å². The lowest BCUT2D eigenvalue weighted by atomic mass is 9.67. The molecule has 12 aromatic rings. The summed E-state index contributed by atoms with van der Waals surface area (Å²) in [5, 5.41) is 2.08. The first-order valence-corrected chi connectivity index (χ1v) is 21.8. The second-order valence-electron chi connectivity index (χ2n) is 16.5. The molecule has 0 saturated carbocycles. The largest absolute Gasteiger partial charge is 0.455 e. The Balaban J connectivity index is 0.933. The smallest absolute Gasteiger partial charge is 0.227 e. The van der Waals surface area contributed by atoms with E-state index in [1.807, 2.05) is 91.0 Å². The number of furan rings is 1. The maximum absolute atomic E-state index is 6.50. The monoisotopic (exact) mass is 832 g/mol. The summed E-state index contributed by atoms with van der Waals surface area (Å²) in [6, 6.07) is 76.0. The summed E-state index contributed by atoms with van der Waals surface area (Å²) in [7, 11) is 0. The van der Waals surface area contributed by atoms with Gasteiger partial charge in [-0.05, 0) is 87.0 Å². The summed E-state index contributed by atoms with van der Waals surface area (Å²) in [4.78, 5) is 20.2. The third-order valence-electron chi connectivity index (χ3n) is 12.9. The van der Waals surface area contributed by atoms with Crippen LogP contribution in [0.15, 0.2) is 227 Å². The average Bonchev–Trinajstić information content (AvgIpc) is 4.08. The zero-order valence-electron chi connectivity index (χ0n) is 34.9. The molecule has 9 aromatic carbocycles. The van der Waals surface area contributed by atoms with E-state index in [2.05, 4.69) is 127 Å². The number of fused-ring (bicyclic) bond motifs is 7. The van der Waals surface area contributed by atoms with Gasteiger partial charge in [-0.15, -0.1) is 0 Å². The Bertz CT molecular complexity index is 3730. The maximum atomic E-state index is 6.50. The molecule has 13 rings (SSSR count). The zero-order valence-corrected chi connectivity index (χ0v) is 34.9. The quantitative estimate of drug-likeness (QED) is 0.159. The van der Waals surface area contributed by atoms with Gasteiger partial charge in [0.05, 0.1) is 11.0 Å². The first-order valence-electron chi connectivity index (χ1n) is 21.8. The van der Waals surface area contributed by atoms with Gasteiger partial charge in [-0.3, -0.25) is 0 Å². The van der Waals surface area contributed by atoms with Crippen molar-refractivity contribution in [2.45, 2.75) is 5.41 Å². The van der Waals surface area contributed by atoms with E-state index in [1.54, 1.807) is 0 Å². The second-order valence-corrected chi connectivity index (χ2v) is 16.5. The maximum Gasteiger partial charge on any atom is 0.227 e. The molecule has 0 unspecified atom stereocenters. The van der Waals surface area contributed by atoms with Crippen LogP contribution in [0, 0.1) is 0 Å². The van der Waals surface area contributed by atoms with Gasteiger partial charge in [-0.1, -0.05) is 176 Å². The van der Waals surface area contributed by atoms with E-state index >= 15 is 0 Å². The molecule has 3 aromatic heterocycles. The van der Waals surface area contributed by atoms with E-state index in [1.165, 1.54) is 22.3 Å². The molecule has 0 aliphatic heterocycles. The van der Waals surface area contributed by atoms with Crippen LogP contribution in [0.1, 0.15) is 22.3 Å². The minimum Gasteiger partial charge on any atom is -0.455 e. The Labute approximate surface area is 374 Å². The summed E-state index contributed by atoms with van der Waals surface area (Å²) in [6.07, 6.45) is 0. The van der Waals surface area contributed by atoms with E-state index in [9.17, 15) is 0 Å². The number of hydrogen-bond donors (Lipinski definition) is 0. The van der Waals surface area contributed by atoms with Crippen molar-refractivity contribution in [2.75, 3.05) is 0 Å². The summed E-state index contributed by atoms with van der Waals surface area (Å²) in [5.41, 5.74) is 15.4. The molecule has 0 saturated heterocycles. The molecule has 1 aliphatic rings. The van der Waals surface area contributed by atoms with Crippen LogP contribution in [-0.2, 0) is 5.41 Å². The Morgan fingerprint density at radius 1 is 0.323 bits per heavy atom. The molecule has 0 bridgehead atoms. The Morgan fingerprint density at radius 2 is 0.892 bits per heavy atom. The van der Waals surface area contributed by atoms with Crippen molar-refractivity contribution in [1.82, 2.24) is 19.9 Å². The van der Waals surface area contributed by atoms with Crippen LogP contribution in [0.25, 0.3) is 101 Å². The lowest BCUT2D eigenvalue weighted by molar-refractivity contribution is 0.618. The van der Waals surface area contributed by atoms with Gasteiger partial charge in [0.25, 0.3) is 0 Å². The summed E-state index contributed by atoms with van der Waals surface area (Å²) in [5.74, 6) is 2.34. The molecule has 304 valence electrons. The van der Waals surface area contributed by atoms with Crippen LogP contribution in [0.3, 0.4) is 0 Å². The van der Waals surface area contributed by atoms with E-state index in [0.29, 0.717) is 23.4 Å². The molecule has 0 atom stereocenters. The predicted molar refractivity (Wildman–Crippen MR) is 259 cm³/mol. The number of nitrogens with zero attached hydrogens (tertiary/aromatic N) is 4. The first kappa shape index (κ1) is 36.9. The first-order chi connectivity index (χ1) is 32.2. The van der Waals surface area contributed by atoms with Crippen LogP contribution in [0.4, 0.5) is 0 Å². The molecule has 3 heterocycles. The highest BCUT2D eigenvalue weighted by Crippen LogP contribution is 2.56. The van der Waals surface area contributed by atoms with Crippen LogP contribution >= 0.6 is 0 Å². The van der Waals surface area contributed by atoms with Crippen molar-refractivity contribution in [3.63, 3.8) is 0 Å². The standard InChI is InChI=1S/C59H36N4O2/c1-3-15-38(16-4-1)55-61-56(63-57(62-55)48-25-14-24-47-46-23-9-12-28-52(46)64-54(47)48)41-20-13-19-40(35-41)37-29-31-42(32-30-37)59(49-26-10-7-21-44(49)45-22-8-11-27-50(45)59)43-33-34-51-53(36-43)65-58(60-51)39-17-5-2-6-18-39/h1-36H. The van der Waals surface area contributed by atoms with Crippen LogP contribution in [0.2, 0.25) is 0 Å². The highest BCUT2D eigenvalue weighted by molar-refractivity contribution is 6.09. The Kier molecular flexibility index (Phi) is 8.33. The number of para-hydroxylation sites is 2. The number of benzene rings is 9. The van der Waals surface area contributed by atoms with Crippen molar-refractivity contribution < 1.29 is 8.83 Å². The second kappa shape index (κ2) is 14.7. The SMILES string of the molecule is c1ccc(-c2nc(-c3cccc(-c4ccc(C5(c6ccc7nc(-c8ccccc8)oc7c6)c6ccccc6-c6ccccc65)cc4)c3)nc(-c3cccc4c3oc3ccccc34)n2)cc1. The van der Waals surface area contributed by atoms with Gasteiger partial charge in [0, 0.05) is 27.5 Å². The van der Waals surface area contributed by atoms with E-state index in [4.69, 9.17) is 28.8 Å². The molecular weight excluding hydrogens is 797 g/mol. The van der Waals surface area contributed by atoms with Gasteiger partial charge in [0.15, 0.2) is 23.1 Å². The lowest BCUT2D eigenvalue weighted by Gasteiger charge is -2.34. The highest BCUT2D eigenvalue weighted by Gasteiger charge is 2.46. The Hall–Kier alpha value is -8.74. The number of aromatic nitrogens is 4. The van der Waals surface area contributed by atoms with Crippen molar-refractivity contribution in [1.29, 1.82) is 0 Å². The molecule has 0 N–H and O–H groups in total. The number of rotatable bonds is 7.